The minimum atomic E-state index is -5.08. The summed E-state index contributed by atoms with van der Waals surface area (Å²) in [5.74, 6) is -1.27. The third-order valence-electron chi connectivity index (χ3n) is 1.88. The lowest BCUT2D eigenvalue weighted by molar-refractivity contribution is -0.389. The largest absolute Gasteiger partial charge is 0.573 e. The van der Waals surface area contributed by atoms with Gasteiger partial charge in [-0.15, -0.1) is 13.2 Å². The number of halogens is 3. The molecule has 0 aliphatic heterocycles. The molecule has 0 bridgehead atoms. The highest BCUT2D eigenvalue weighted by Gasteiger charge is 2.37. The number of nitro groups is 1. The van der Waals surface area contributed by atoms with Gasteiger partial charge in [-0.2, -0.15) is 0 Å². The van der Waals surface area contributed by atoms with Crippen molar-refractivity contribution in [2.24, 2.45) is 5.73 Å². The maximum Gasteiger partial charge on any atom is 0.573 e. The lowest BCUT2D eigenvalue weighted by atomic mass is 10.2. The number of methoxy groups -OCH3 is 1. The molecule has 1 aromatic heterocycles. The van der Waals surface area contributed by atoms with Gasteiger partial charge in [0, 0.05) is 6.54 Å². The molecular weight excluding hydrogens is 259 g/mol. The summed E-state index contributed by atoms with van der Waals surface area (Å²) >= 11 is 0. The molecule has 1 rings (SSSR count). The van der Waals surface area contributed by atoms with Crippen molar-refractivity contribution < 1.29 is 27.6 Å². The predicted molar refractivity (Wildman–Crippen MR) is 52.0 cm³/mol. The molecule has 0 aliphatic carbocycles. The molecule has 0 aliphatic rings. The van der Waals surface area contributed by atoms with Gasteiger partial charge in [-0.05, 0) is 0 Å². The summed E-state index contributed by atoms with van der Waals surface area (Å²) in [5, 5.41) is 10.6. The summed E-state index contributed by atoms with van der Waals surface area (Å²) in [5.41, 5.74) is 3.96. The van der Waals surface area contributed by atoms with Gasteiger partial charge in [-0.25, -0.2) is 4.98 Å². The van der Waals surface area contributed by atoms with Gasteiger partial charge in [0.1, 0.15) is 6.20 Å². The van der Waals surface area contributed by atoms with Crippen molar-refractivity contribution in [3.8, 4) is 11.6 Å². The van der Waals surface area contributed by atoms with E-state index in [1.807, 2.05) is 0 Å². The van der Waals surface area contributed by atoms with Crippen LogP contribution >= 0.6 is 0 Å². The molecule has 100 valence electrons. The first-order valence-corrected chi connectivity index (χ1v) is 4.46. The molecule has 0 saturated heterocycles. The van der Waals surface area contributed by atoms with E-state index in [-0.39, 0.29) is 11.4 Å². The Labute approximate surface area is 98.5 Å². The number of nitrogens with two attached hydrogens (primary N) is 1. The van der Waals surface area contributed by atoms with Gasteiger partial charge in [-0.3, -0.25) is 10.1 Å². The zero-order valence-corrected chi connectivity index (χ0v) is 9.02. The Bertz CT molecular complexity index is 464. The number of pyridine rings is 1. The molecule has 1 heterocycles. The van der Waals surface area contributed by atoms with Crippen LogP contribution in [0, 0.1) is 10.1 Å². The van der Waals surface area contributed by atoms with E-state index >= 15 is 0 Å². The molecule has 0 atom stereocenters. The predicted octanol–water partition coefficient (Wildman–Crippen LogP) is 1.36. The van der Waals surface area contributed by atoms with Gasteiger partial charge in [0.2, 0.25) is 11.6 Å². The third-order valence-corrected chi connectivity index (χ3v) is 1.88. The number of hydrogen-bond acceptors (Lipinski definition) is 6. The van der Waals surface area contributed by atoms with Crippen LogP contribution in [0.2, 0.25) is 0 Å². The molecule has 0 saturated carbocycles. The van der Waals surface area contributed by atoms with Gasteiger partial charge in [0.25, 0.3) is 0 Å². The molecule has 0 spiro atoms. The summed E-state index contributed by atoms with van der Waals surface area (Å²) in [7, 11) is 1.14. The van der Waals surface area contributed by atoms with Crippen LogP contribution in [-0.2, 0) is 6.54 Å². The van der Waals surface area contributed by atoms with E-state index in [1.54, 1.807) is 0 Å². The Morgan fingerprint density at radius 3 is 2.56 bits per heavy atom. The number of nitrogens with zero attached hydrogens (tertiary/aromatic N) is 2. The van der Waals surface area contributed by atoms with E-state index in [9.17, 15) is 23.3 Å². The second-order valence-electron chi connectivity index (χ2n) is 2.97. The van der Waals surface area contributed by atoms with Crippen molar-refractivity contribution in [1.29, 1.82) is 0 Å². The SMILES string of the molecule is COc1ncc([N+](=O)[O-])c(OC(F)(F)F)c1CN. The van der Waals surface area contributed by atoms with Crippen LogP contribution in [0.5, 0.6) is 11.6 Å². The minimum absolute atomic E-state index is 0.262. The maximum atomic E-state index is 12.2. The van der Waals surface area contributed by atoms with Gasteiger partial charge < -0.3 is 15.2 Å². The molecule has 18 heavy (non-hydrogen) atoms. The van der Waals surface area contributed by atoms with E-state index in [4.69, 9.17) is 5.73 Å². The molecule has 0 unspecified atom stereocenters. The average Bonchev–Trinajstić information content (AvgIpc) is 2.25. The average molecular weight is 267 g/mol. The summed E-state index contributed by atoms with van der Waals surface area (Å²) < 4.78 is 44.9. The summed E-state index contributed by atoms with van der Waals surface area (Å²) in [6, 6.07) is 0. The van der Waals surface area contributed by atoms with Crippen LogP contribution in [0.1, 0.15) is 5.56 Å². The lowest BCUT2D eigenvalue weighted by Gasteiger charge is -2.14. The van der Waals surface area contributed by atoms with Crippen molar-refractivity contribution in [3.05, 3.63) is 21.9 Å². The molecule has 0 radical (unpaired) electrons. The number of ether oxygens (including phenoxy) is 2. The van der Waals surface area contributed by atoms with Gasteiger partial charge in [0.05, 0.1) is 17.6 Å². The topological polar surface area (TPSA) is 101 Å². The van der Waals surface area contributed by atoms with E-state index in [0.29, 0.717) is 6.20 Å². The van der Waals surface area contributed by atoms with Crippen LogP contribution in [-0.4, -0.2) is 23.4 Å². The summed E-state index contributed by atoms with van der Waals surface area (Å²) in [6.45, 7) is -0.455. The fraction of sp³-hybridized carbons (Fsp3) is 0.375. The zero-order chi connectivity index (χ0) is 13.9. The number of alkyl halides is 3. The van der Waals surface area contributed by atoms with E-state index in [0.717, 1.165) is 7.11 Å². The van der Waals surface area contributed by atoms with Crippen molar-refractivity contribution in [3.63, 3.8) is 0 Å². The van der Waals surface area contributed by atoms with Crippen molar-refractivity contribution >= 4 is 5.69 Å². The maximum absolute atomic E-state index is 12.2. The van der Waals surface area contributed by atoms with Crippen LogP contribution in [0.25, 0.3) is 0 Å². The summed E-state index contributed by atoms with van der Waals surface area (Å²) in [6.07, 6.45) is -4.47. The number of hydrogen-bond donors (Lipinski definition) is 1. The van der Waals surface area contributed by atoms with Crippen LogP contribution in [0.4, 0.5) is 18.9 Å². The van der Waals surface area contributed by atoms with Gasteiger partial charge >= 0.3 is 12.0 Å². The fourth-order valence-electron chi connectivity index (χ4n) is 1.22. The molecule has 7 nitrogen and oxygen atoms in total. The molecule has 0 amide bonds. The van der Waals surface area contributed by atoms with Crippen LogP contribution < -0.4 is 15.2 Å². The van der Waals surface area contributed by atoms with Crippen LogP contribution in [0.15, 0.2) is 6.20 Å². The standard InChI is InChI=1S/C8H8F3N3O4/c1-17-7-4(2-12)6(18-8(9,10)11)5(3-13-7)14(15)16/h3H,2,12H2,1H3. The van der Waals surface area contributed by atoms with Gasteiger partial charge in [-0.1, -0.05) is 0 Å². The quantitative estimate of drug-likeness (QED) is 0.652. The molecule has 2 N–H and O–H groups in total. The highest BCUT2D eigenvalue weighted by molar-refractivity contribution is 5.54. The monoisotopic (exact) mass is 267 g/mol. The first-order valence-electron chi connectivity index (χ1n) is 4.46. The summed E-state index contributed by atoms with van der Waals surface area (Å²) in [4.78, 5) is 13.1. The van der Waals surface area contributed by atoms with Crippen molar-refractivity contribution in [2.75, 3.05) is 7.11 Å². The second kappa shape index (κ2) is 5.04. The van der Waals surface area contributed by atoms with Crippen molar-refractivity contribution in [1.82, 2.24) is 4.98 Å². The highest BCUT2D eigenvalue weighted by Crippen LogP contribution is 2.38. The molecular formula is C8H8F3N3O4. The second-order valence-corrected chi connectivity index (χ2v) is 2.97. The van der Waals surface area contributed by atoms with Gasteiger partial charge in [0.15, 0.2) is 0 Å². The fourth-order valence-corrected chi connectivity index (χ4v) is 1.22. The Morgan fingerprint density at radius 2 is 2.17 bits per heavy atom. The first-order chi connectivity index (χ1) is 8.30. The molecule has 1 aromatic rings. The number of aromatic nitrogens is 1. The molecule has 0 aromatic carbocycles. The normalized spacial score (nSPS) is 11.2. The smallest absolute Gasteiger partial charge is 0.481 e. The third kappa shape index (κ3) is 2.97. The Balaban J connectivity index is 3.43. The first kappa shape index (κ1) is 14.0. The minimum Gasteiger partial charge on any atom is -0.481 e. The molecule has 10 heteroatoms. The highest BCUT2D eigenvalue weighted by atomic mass is 19.4. The van der Waals surface area contributed by atoms with E-state index in [2.05, 4.69) is 14.5 Å². The van der Waals surface area contributed by atoms with E-state index < -0.39 is 29.3 Å². The number of rotatable bonds is 4. The Hall–Kier alpha value is -2.10. The zero-order valence-electron chi connectivity index (χ0n) is 9.02. The molecule has 0 fully saturated rings. The van der Waals surface area contributed by atoms with E-state index in [1.165, 1.54) is 0 Å². The van der Waals surface area contributed by atoms with Crippen molar-refractivity contribution in [2.45, 2.75) is 12.9 Å². The Kier molecular flexibility index (Phi) is 3.91. The van der Waals surface area contributed by atoms with Crippen LogP contribution in [0.3, 0.4) is 0 Å². The Morgan fingerprint density at radius 1 is 1.56 bits per heavy atom. The lowest BCUT2D eigenvalue weighted by Crippen LogP contribution is -2.20.